The molecule has 0 atom stereocenters. The topological polar surface area (TPSA) is 40.6 Å². The number of likely N-dealkylation sites (tertiary alicyclic amines) is 1. The highest BCUT2D eigenvalue weighted by Gasteiger charge is 2.20. The van der Waals surface area contributed by atoms with Gasteiger partial charge < -0.3 is 9.80 Å². The van der Waals surface area contributed by atoms with E-state index in [2.05, 4.69) is 0 Å². The summed E-state index contributed by atoms with van der Waals surface area (Å²) >= 11 is 5.97. The molecule has 4 nitrogen and oxygen atoms in total. The van der Waals surface area contributed by atoms with Crippen molar-refractivity contribution in [3.8, 4) is 0 Å². The van der Waals surface area contributed by atoms with E-state index >= 15 is 0 Å². The summed E-state index contributed by atoms with van der Waals surface area (Å²) in [6.07, 6.45) is 2.47. The summed E-state index contributed by atoms with van der Waals surface area (Å²) in [6, 6.07) is 20.3. The van der Waals surface area contributed by atoms with E-state index in [0.717, 1.165) is 31.5 Å². The third-order valence-electron chi connectivity index (χ3n) is 5.63. The first-order chi connectivity index (χ1) is 15.5. The molecule has 0 aromatic heterocycles. The van der Waals surface area contributed by atoms with Crippen LogP contribution in [0.2, 0.25) is 5.02 Å². The number of halogens is 2. The lowest BCUT2D eigenvalue weighted by Gasteiger charge is -2.24. The van der Waals surface area contributed by atoms with Crippen LogP contribution in [0.4, 0.5) is 10.1 Å². The Morgan fingerprint density at radius 2 is 1.59 bits per heavy atom. The zero-order valence-electron chi connectivity index (χ0n) is 17.6. The molecule has 2 amide bonds. The van der Waals surface area contributed by atoms with Crippen LogP contribution in [0.15, 0.2) is 72.8 Å². The molecule has 0 bridgehead atoms. The molecule has 0 spiro atoms. The average molecular weight is 451 g/mol. The van der Waals surface area contributed by atoms with Crippen molar-refractivity contribution in [3.63, 3.8) is 0 Å². The van der Waals surface area contributed by atoms with Crippen LogP contribution in [0.1, 0.15) is 34.3 Å². The number of hydrogen-bond acceptors (Lipinski definition) is 2. The highest BCUT2D eigenvalue weighted by molar-refractivity contribution is 6.30. The van der Waals surface area contributed by atoms with Crippen molar-refractivity contribution in [1.29, 1.82) is 0 Å². The van der Waals surface area contributed by atoms with Gasteiger partial charge >= 0.3 is 0 Å². The molecular weight excluding hydrogens is 427 g/mol. The molecule has 0 aliphatic carbocycles. The van der Waals surface area contributed by atoms with Crippen LogP contribution >= 0.6 is 11.6 Å². The lowest BCUT2D eigenvalue weighted by Crippen LogP contribution is -2.30. The summed E-state index contributed by atoms with van der Waals surface area (Å²) in [7, 11) is 0. The summed E-state index contributed by atoms with van der Waals surface area (Å²) in [5.74, 6) is -0.437. The van der Waals surface area contributed by atoms with Gasteiger partial charge in [0.15, 0.2) is 0 Å². The highest BCUT2D eigenvalue weighted by atomic mass is 35.5. The Bertz CT molecular complexity index is 1090. The first-order valence-corrected chi connectivity index (χ1v) is 11.1. The van der Waals surface area contributed by atoms with Gasteiger partial charge in [-0.05, 0) is 72.5 Å². The number of hydrogen-bond donors (Lipinski definition) is 0. The smallest absolute Gasteiger partial charge is 0.258 e. The van der Waals surface area contributed by atoms with Crippen molar-refractivity contribution in [2.24, 2.45) is 0 Å². The molecular formula is C26H24ClFN2O2. The first-order valence-electron chi connectivity index (χ1n) is 10.7. The molecule has 4 rings (SSSR count). The summed E-state index contributed by atoms with van der Waals surface area (Å²) in [5, 5.41) is 0.547. The molecule has 3 aromatic carbocycles. The van der Waals surface area contributed by atoms with Crippen LogP contribution in [-0.4, -0.2) is 29.8 Å². The average Bonchev–Trinajstić information content (AvgIpc) is 3.34. The molecule has 164 valence electrons. The van der Waals surface area contributed by atoms with Crippen molar-refractivity contribution in [2.75, 3.05) is 18.0 Å². The van der Waals surface area contributed by atoms with Gasteiger partial charge in [-0.15, -0.1) is 0 Å². The monoisotopic (exact) mass is 450 g/mol. The molecule has 1 aliphatic heterocycles. The molecule has 0 unspecified atom stereocenters. The van der Waals surface area contributed by atoms with E-state index in [9.17, 15) is 14.0 Å². The molecule has 3 aromatic rings. The molecule has 0 N–H and O–H groups in total. The molecule has 6 heteroatoms. The zero-order chi connectivity index (χ0) is 22.5. The van der Waals surface area contributed by atoms with E-state index in [0.29, 0.717) is 28.3 Å². The van der Waals surface area contributed by atoms with Crippen molar-refractivity contribution >= 4 is 29.1 Å². The van der Waals surface area contributed by atoms with E-state index in [4.69, 9.17) is 11.6 Å². The lowest BCUT2D eigenvalue weighted by molar-refractivity contribution is -0.129. The van der Waals surface area contributed by atoms with Gasteiger partial charge in [-0.25, -0.2) is 4.39 Å². The van der Waals surface area contributed by atoms with Crippen LogP contribution in [0.5, 0.6) is 0 Å². The number of benzene rings is 3. The summed E-state index contributed by atoms with van der Waals surface area (Å²) < 4.78 is 13.7. The fraction of sp³-hybridized carbons (Fsp3) is 0.231. The quantitative estimate of drug-likeness (QED) is 0.498. The van der Waals surface area contributed by atoms with Gasteiger partial charge in [-0.1, -0.05) is 35.9 Å². The maximum atomic E-state index is 13.7. The minimum atomic E-state index is -0.350. The van der Waals surface area contributed by atoms with Crippen molar-refractivity contribution in [1.82, 2.24) is 4.90 Å². The molecule has 1 fully saturated rings. The molecule has 0 saturated carbocycles. The van der Waals surface area contributed by atoms with Crippen molar-refractivity contribution in [2.45, 2.75) is 25.8 Å². The van der Waals surface area contributed by atoms with Gasteiger partial charge in [-0.2, -0.15) is 0 Å². The van der Waals surface area contributed by atoms with E-state index in [1.165, 1.54) is 12.1 Å². The minimum Gasteiger partial charge on any atom is -0.342 e. The molecule has 1 saturated heterocycles. The second kappa shape index (κ2) is 9.96. The number of anilines is 1. The predicted molar refractivity (Wildman–Crippen MR) is 124 cm³/mol. The summed E-state index contributed by atoms with van der Waals surface area (Å²) in [5.41, 5.74) is 2.74. The highest BCUT2D eigenvalue weighted by Crippen LogP contribution is 2.23. The van der Waals surface area contributed by atoms with Gasteiger partial charge in [0.2, 0.25) is 5.91 Å². The molecule has 1 aliphatic rings. The first kappa shape index (κ1) is 22.0. The zero-order valence-corrected chi connectivity index (χ0v) is 18.4. The third-order valence-corrected chi connectivity index (χ3v) is 5.88. The maximum absolute atomic E-state index is 13.7. The Kier molecular flexibility index (Phi) is 6.86. The predicted octanol–water partition coefficient (Wildman–Crippen LogP) is 5.49. The van der Waals surface area contributed by atoms with E-state index < -0.39 is 0 Å². The van der Waals surface area contributed by atoms with Gasteiger partial charge in [0.1, 0.15) is 5.82 Å². The minimum absolute atomic E-state index is 0.129. The number of carbonyl (C=O) groups excluding carboxylic acids is 2. The maximum Gasteiger partial charge on any atom is 0.258 e. The third kappa shape index (κ3) is 5.35. The second-order valence-corrected chi connectivity index (χ2v) is 8.40. The van der Waals surface area contributed by atoms with Crippen LogP contribution in [0, 0.1) is 5.82 Å². The molecule has 32 heavy (non-hydrogen) atoms. The van der Waals surface area contributed by atoms with E-state index in [-0.39, 0.29) is 24.2 Å². The second-order valence-electron chi connectivity index (χ2n) is 7.96. The van der Waals surface area contributed by atoms with Gasteiger partial charge in [-0.3, -0.25) is 9.59 Å². The number of amides is 2. The lowest BCUT2D eigenvalue weighted by atomic mass is 10.1. The summed E-state index contributed by atoms with van der Waals surface area (Å²) in [4.78, 5) is 29.3. The standard InChI is InChI=1S/C26H24ClFN2O2/c27-22-10-8-21(9-11-22)26(32)30(18-20-4-3-5-23(28)16-20)24-12-6-19(7-13-24)17-25(31)29-14-1-2-15-29/h3-13,16H,1-2,14-15,17-18H2. The Labute approximate surface area is 192 Å². The van der Waals surface area contributed by atoms with Gasteiger partial charge in [0, 0.05) is 29.4 Å². The van der Waals surface area contributed by atoms with Crippen LogP contribution in [0.25, 0.3) is 0 Å². The van der Waals surface area contributed by atoms with Crippen LogP contribution in [-0.2, 0) is 17.8 Å². The Morgan fingerprint density at radius 3 is 2.25 bits per heavy atom. The summed E-state index contributed by atoms with van der Waals surface area (Å²) in [6.45, 7) is 1.87. The fourth-order valence-electron chi connectivity index (χ4n) is 3.89. The SMILES string of the molecule is O=C(Cc1ccc(N(Cc2cccc(F)c2)C(=O)c2ccc(Cl)cc2)cc1)N1CCCC1. The number of carbonyl (C=O) groups is 2. The van der Waals surface area contributed by atoms with Gasteiger partial charge in [0.05, 0.1) is 13.0 Å². The Morgan fingerprint density at radius 1 is 0.906 bits per heavy atom. The van der Waals surface area contributed by atoms with Crippen LogP contribution in [0.3, 0.4) is 0 Å². The molecule has 0 radical (unpaired) electrons. The van der Waals surface area contributed by atoms with Gasteiger partial charge in [0.25, 0.3) is 5.91 Å². The Balaban J connectivity index is 1.57. The number of rotatable bonds is 6. The van der Waals surface area contributed by atoms with E-state index in [1.807, 2.05) is 29.2 Å². The van der Waals surface area contributed by atoms with Crippen molar-refractivity contribution < 1.29 is 14.0 Å². The van der Waals surface area contributed by atoms with E-state index in [1.54, 1.807) is 41.3 Å². The molecule has 1 heterocycles. The normalized spacial score (nSPS) is 13.2. The van der Waals surface area contributed by atoms with Crippen molar-refractivity contribution in [3.05, 3.63) is 100 Å². The van der Waals surface area contributed by atoms with Crippen LogP contribution < -0.4 is 4.90 Å². The fourth-order valence-corrected chi connectivity index (χ4v) is 4.02. The number of nitrogens with zero attached hydrogens (tertiary/aromatic N) is 2. The Hall–Kier alpha value is -3.18. The largest absolute Gasteiger partial charge is 0.342 e.